The molecule has 24 heavy (non-hydrogen) atoms. The highest BCUT2D eigenvalue weighted by Crippen LogP contribution is 2.59. The van der Waals surface area contributed by atoms with E-state index < -0.39 is 13.0 Å². The van der Waals surface area contributed by atoms with E-state index in [1.807, 2.05) is 30.3 Å². The standard InChI is InChI=1S/C20H30NO2P/c1-3-5-9-13-24(23,14-10-6-4-2)20(22)18-15-17-11-7-8-12-19(17)21-16-18/h7-8,11-12,15-16,20,22H,3-6,9-10,13-14H2,1-2H3. The molecule has 3 nitrogen and oxygen atoms in total. The highest BCUT2D eigenvalue weighted by atomic mass is 31.2. The smallest absolute Gasteiger partial charge is 0.133 e. The van der Waals surface area contributed by atoms with Crippen LogP contribution in [-0.4, -0.2) is 22.4 Å². The quantitative estimate of drug-likeness (QED) is 0.425. The first-order valence-electron chi connectivity index (χ1n) is 9.21. The average Bonchev–Trinajstić information content (AvgIpc) is 2.61. The van der Waals surface area contributed by atoms with Gasteiger partial charge in [0, 0.05) is 29.5 Å². The molecule has 0 amide bonds. The van der Waals surface area contributed by atoms with Gasteiger partial charge >= 0.3 is 0 Å². The van der Waals surface area contributed by atoms with Crippen LogP contribution in [0.4, 0.5) is 0 Å². The number of hydrogen-bond acceptors (Lipinski definition) is 3. The number of pyridine rings is 1. The normalized spacial score (nSPS) is 13.3. The van der Waals surface area contributed by atoms with Crippen molar-refractivity contribution >= 4 is 18.0 Å². The highest BCUT2D eigenvalue weighted by Gasteiger charge is 2.32. The minimum Gasteiger partial charge on any atom is -0.381 e. The predicted molar refractivity (Wildman–Crippen MR) is 103 cm³/mol. The Labute approximate surface area is 145 Å². The van der Waals surface area contributed by atoms with E-state index in [2.05, 4.69) is 18.8 Å². The Morgan fingerprint density at radius 2 is 1.67 bits per heavy atom. The molecule has 1 unspecified atom stereocenters. The van der Waals surface area contributed by atoms with Gasteiger partial charge in [0.25, 0.3) is 0 Å². The van der Waals surface area contributed by atoms with E-state index in [1.54, 1.807) is 6.20 Å². The molecule has 1 aromatic heterocycles. The van der Waals surface area contributed by atoms with Crippen molar-refractivity contribution in [3.05, 3.63) is 42.1 Å². The molecular weight excluding hydrogens is 317 g/mol. The predicted octanol–water partition coefficient (Wildman–Crippen LogP) is 5.97. The van der Waals surface area contributed by atoms with Gasteiger partial charge in [-0.05, 0) is 25.0 Å². The van der Waals surface area contributed by atoms with Gasteiger partial charge < -0.3 is 9.67 Å². The van der Waals surface area contributed by atoms with E-state index in [0.717, 1.165) is 49.4 Å². The number of benzene rings is 1. The fourth-order valence-electron chi connectivity index (χ4n) is 3.12. The van der Waals surface area contributed by atoms with Crippen molar-refractivity contribution in [2.75, 3.05) is 12.3 Å². The summed E-state index contributed by atoms with van der Waals surface area (Å²) in [5, 5.41) is 11.9. The average molecular weight is 347 g/mol. The van der Waals surface area contributed by atoms with E-state index in [0.29, 0.717) is 17.9 Å². The summed E-state index contributed by atoms with van der Waals surface area (Å²) in [5.41, 5.74) is 1.60. The molecule has 2 aromatic rings. The van der Waals surface area contributed by atoms with Crippen molar-refractivity contribution in [1.29, 1.82) is 0 Å². The lowest BCUT2D eigenvalue weighted by Gasteiger charge is -2.24. The largest absolute Gasteiger partial charge is 0.381 e. The number of aliphatic hydroxyl groups is 1. The van der Waals surface area contributed by atoms with Gasteiger partial charge in [0.1, 0.15) is 13.0 Å². The Morgan fingerprint density at radius 1 is 1.04 bits per heavy atom. The number of fused-ring (bicyclic) bond motifs is 1. The van der Waals surface area contributed by atoms with E-state index in [4.69, 9.17) is 0 Å². The minimum atomic E-state index is -2.65. The number of hydrogen-bond donors (Lipinski definition) is 1. The lowest BCUT2D eigenvalue weighted by molar-refractivity contribution is 0.252. The van der Waals surface area contributed by atoms with Crippen molar-refractivity contribution in [3.63, 3.8) is 0 Å². The van der Waals surface area contributed by atoms with Crippen LogP contribution >= 0.6 is 7.14 Å². The first-order valence-corrected chi connectivity index (χ1v) is 11.4. The molecule has 0 saturated carbocycles. The first-order chi connectivity index (χ1) is 11.6. The SMILES string of the molecule is CCCCCP(=O)(CCCCC)C(O)c1cnc2ccccc2c1. The van der Waals surface area contributed by atoms with Gasteiger partial charge in [-0.3, -0.25) is 4.98 Å². The molecule has 1 aromatic carbocycles. The Morgan fingerprint density at radius 3 is 2.29 bits per heavy atom. The van der Waals surface area contributed by atoms with Crippen LogP contribution < -0.4 is 0 Å². The fraction of sp³-hybridized carbons (Fsp3) is 0.550. The van der Waals surface area contributed by atoms with Crippen LogP contribution in [0.25, 0.3) is 10.9 Å². The van der Waals surface area contributed by atoms with Gasteiger partial charge in [-0.25, -0.2) is 0 Å². The van der Waals surface area contributed by atoms with Crippen molar-refractivity contribution in [1.82, 2.24) is 4.98 Å². The number of nitrogens with zero attached hydrogens (tertiary/aromatic N) is 1. The summed E-state index contributed by atoms with van der Waals surface area (Å²) < 4.78 is 13.5. The summed E-state index contributed by atoms with van der Waals surface area (Å²) in [7, 11) is -2.65. The Kier molecular flexibility index (Phi) is 7.45. The third kappa shape index (κ3) is 4.91. The van der Waals surface area contributed by atoms with Gasteiger partial charge in [-0.15, -0.1) is 0 Å². The first kappa shape index (κ1) is 19.1. The number of unbranched alkanes of at least 4 members (excludes halogenated alkanes) is 4. The molecule has 1 N–H and O–H groups in total. The third-order valence-electron chi connectivity index (χ3n) is 4.64. The maximum atomic E-state index is 13.5. The van der Waals surface area contributed by atoms with Crippen LogP contribution in [0.2, 0.25) is 0 Å². The summed E-state index contributed by atoms with van der Waals surface area (Å²) in [6.07, 6.45) is 9.17. The Hall–Kier alpha value is -1.18. The van der Waals surface area contributed by atoms with E-state index in [1.165, 1.54) is 0 Å². The van der Waals surface area contributed by atoms with Crippen LogP contribution in [0, 0.1) is 0 Å². The third-order valence-corrected chi connectivity index (χ3v) is 7.97. The van der Waals surface area contributed by atoms with Crippen molar-refractivity contribution < 1.29 is 9.67 Å². The summed E-state index contributed by atoms with van der Waals surface area (Å²) in [4.78, 5) is 4.43. The lowest BCUT2D eigenvalue weighted by Crippen LogP contribution is -2.07. The van der Waals surface area contributed by atoms with Crippen LogP contribution in [0.3, 0.4) is 0 Å². The monoisotopic (exact) mass is 347 g/mol. The molecule has 0 aliphatic carbocycles. The van der Waals surface area contributed by atoms with E-state index in [9.17, 15) is 9.67 Å². The molecule has 0 fully saturated rings. The molecule has 132 valence electrons. The summed E-state index contributed by atoms with van der Waals surface area (Å²) >= 11 is 0. The van der Waals surface area contributed by atoms with Gasteiger partial charge in [0.15, 0.2) is 0 Å². The second-order valence-corrected chi connectivity index (χ2v) is 9.94. The maximum Gasteiger partial charge on any atom is 0.133 e. The minimum absolute atomic E-state index is 0.637. The number of aromatic nitrogens is 1. The Balaban J connectivity index is 2.22. The molecule has 2 rings (SSSR count). The topological polar surface area (TPSA) is 50.2 Å². The number of rotatable bonds is 10. The molecule has 4 heteroatoms. The summed E-state index contributed by atoms with van der Waals surface area (Å²) in [6.45, 7) is 4.29. The fourth-order valence-corrected chi connectivity index (χ4v) is 6.03. The number of aliphatic hydroxyl groups excluding tert-OH is 1. The molecule has 0 aliphatic rings. The molecule has 0 aliphatic heterocycles. The maximum absolute atomic E-state index is 13.5. The summed E-state index contributed by atoms with van der Waals surface area (Å²) in [5.74, 6) is -0.886. The van der Waals surface area contributed by atoms with Gasteiger partial charge in [-0.2, -0.15) is 0 Å². The van der Waals surface area contributed by atoms with Crippen molar-refractivity contribution in [2.24, 2.45) is 0 Å². The van der Waals surface area contributed by atoms with Crippen molar-refractivity contribution in [3.8, 4) is 0 Å². The second kappa shape index (κ2) is 9.34. The van der Waals surface area contributed by atoms with E-state index >= 15 is 0 Å². The molecule has 0 bridgehead atoms. The van der Waals surface area contributed by atoms with Gasteiger partial charge in [-0.1, -0.05) is 57.7 Å². The van der Waals surface area contributed by atoms with Crippen LogP contribution in [0.15, 0.2) is 36.5 Å². The highest BCUT2D eigenvalue weighted by molar-refractivity contribution is 7.64. The van der Waals surface area contributed by atoms with Crippen LogP contribution in [0.1, 0.15) is 63.8 Å². The zero-order valence-electron chi connectivity index (χ0n) is 14.9. The molecule has 1 atom stereocenters. The zero-order valence-corrected chi connectivity index (χ0v) is 15.8. The molecular formula is C20H30NO2P. The molecule has 0 spiro atoms. The summed E-state index contributed by atoms with van der Waals surface area (Å²) in [6, 6.07) is 9.79. The molecule has 1 heterocycles. The lowest BCUT2D eigenvalue weighted by atomic mass is 10.2. The molecule has 0 radical (unpaired) electrons. The van der Waals surface area contributed by atoms with Gasteiger partial charge in [0.05, 0.1) is 5.52 Å². The van der Waals surface area contributed by atoms with Gasteiger partial charge in [0.2, 0.25) is 0 Å². The second-order valence-electron chi connectivity index (χ2n) is 6.65. The van der Waals surface area contributed by atoms with Crippen molar-refractivity contribution in [2.45, 2.75) is 58.2 Å². The zero-order chi connectivity index (χ0) is 17.4. The van der Waals surface area contributed by atoms with Crippen LogP contribution in [0.5, 0.6) is 0 Å². The number of para-hydroxylation sites is 1. The molecule has 0 saturated heterocycles. The Bertz CT molecular complexity index is 672. The van der Waals surface area contributed by atoms with Crippen LogP contribution in [-0.2, 0) is 4.57 Å². The van der Waals surface area contributed by atoms with E-state index in [-0.39, 0.29) is 0 Å².